The zero-order valence-corrected chi connectivity index (χ0v) is 16.3. The third-order valence-corrected chi connectivity index (χ3v) is 4.23. The van der Waals surface area contributed by atoms with Gasteiger partial charge in [-0.15, -0.1) is 0 Å². The zero-order valence-electron chi connectivity index (χ0n) is 16.3. The van der Waals surface area contributed by atoms with E-state index in [1.54, 1.807) is 49.5 Å². The molecule has 0 spiro atoms. The molecule has 28 heavy (non-hydrogen) atoms. The summed E-state index contributed by atoms with van der Waals surface area (Å²) in [6, 6.07) is 12.8. The summed E-state index contributed by atoms with van der Waals surface area (Å²) in [5.41, 5.74) is 1.30. The van der Waals surface area contributed by atoms with Crippen molar-refractivity contribution in [3.8, 4) is 0 Å². The molecule has 0 radical (unpaired) electrons. The lowest BCUT2D eigenvalue weighted by atomic mass is 10.00. The SMILES string of the molecule is CN1C(=O)C(NC(=O)NC(C)(C)C)N=C(c2ccccc2F)c2ccccc21. The first-order chi connectivity index (χ1) is 13.2. The summed E-state index contributed by atoms with van der Waals surface area (Å²) in [4.78, 5) is 31.2. The van der Waals surface area contributed by atoms with Gasteiger partial charge in [-0.1, -0.05) is 30.3 Å². The molecule has 2 aromatic rings. The topological polar surface area (TPSA) is 73.8 Å². The Morgan fingerprint density at radius 3 is 2.32 bits per heavy atom. The lowest BCUT2D eigenvalue weighted by molar-refractivity contribution is -0.119. The number of likely N-dealkylation sites (N-methyl/N-ethyl adjacent to an activating group) is 1. The van der Waals surface area contributed by atoms with Gasteiger partial charge >= 0.3 is 6.03 Å². The van der Waals surface area contributed by atoms with Crippen LogP contribution in [-0.4, -0.2) is 36.4 Å². The standard InChI is InChI=1S/C21H23FN4O2/c1-21(2,3)25-20(28)24-18-19(27)26(4)16-12-8-6-10-14(16)17(23-18)13-9-5-7-11-15(13)22/h5-12,18H,1-4H3,(H2,24,25,28). The second-order valence-electron chi connectivity index (χ2n) is 7.62. The van der Waals surface area contributed by atoms with Crippen LogP contribution in [0, 0.1) is 5.82 Å². The smallest absolute Gasteiger partial charge is 0.317 e. The highest BCUT2D eigenvalue weighted by molar-refractivity contribution is 6.20. The van der Waals surface area contributed by atoms with Crippen LogP contribution in [0.4, 0.5) is 14.9 Å². The minimum absolute atomic E-state index is 0.265. The third kappa shape index (κ3) is 4.03. The zero-order chi connectivity index (χ0) is 20.5. The summed E-state index contributed by atoms with van der Waals surface area (Å²) in [5, 5.41) is 5.34. The minimum Gasteiger partial charge on any atom is -0.334 e. The molecule has 0 bridgehead atoms. The average molecular weight is 382 g/mol. The Kier molecular flexibility index (Phi) is 5.18. The first-order valence-electron chi connectivity index (χ1n) is 8.96. The molecule has 3 amide bonds. The van der Waals surface area contributed by atoms with E-state index in [2.05, 4.69) is 15.6 Å². The molecule has 6 nitrogen and oxygen atoms in total. The lowest BCUT2D eigenvalue weighted by Crippen LogP contribution is -2.53. The van der Waals surface area contributed by atoms with E-state index in [0.717, 1.165) is 0 Å². The fourth-order valence-corrected chi connectivity index (χ4v) is 2.99. The van der Waals surface area contributed by atoms with Gasteiger partial charge in [0.05, 0.1) is 11.4 Å². The summed E-state index contributed by atoms with van der Waals surface area (Å²) in [7, 11) is 1.61. The van der Waals surface area contributed by atoms with Gasteiger partial charge in [0.1, 0.15) is 5.82 Å². The van der Waals surface area contributed by atoms with E-state index in [0.29, 0.717) is 17.0 Å². The molecule has 3 rings (SSSR count). The summed E-state index contributed by atoms with van der Waals surface area (Å²) >= 11 is 0. The van der Waals surface area contributed by atoms with Crippen molar-refractivity contribution in [2.75, 3.05) is 11.9 Å². The fourth-order valence-electron chi connectivity index (χ4n) is 2.99. The van der Waals surface area contributed by atoms with Gasteiger partial charge in [-0.05, 0) is 39.0 Å². The Labute approximate surface area is 163 Å². The average Bonchev–Trinajstić information content (AvgIpc) is 2.72. The van der Waals surface area contributed by atoms with Gasteiger partial charge in [0, 0.05) is 23.7 Å². The highest BCUT2D eigenvalue weighted by atomic mass is 19.1. The Balaban J connectivity index is 2.09. The number of carbonyl (C=O) groups excluding carboxylic acids is 2. The van der Waals surface area contributed by atoms with Gasteiger partial charge in [-0.3, -0.25) is 4.79 Å². The van der Waals surface area contributed by atoms with E-state index < -0.39 is 29.5 Å². The molecule has 0 aromatic heterocycles. The number of hydrogen-bond donors (Lipinski definition) is 2. The fraction of sp³-hybridized carbons (Fsp3) is 0.286. The van der Waals surface area contributed by atoms with Gasteiger partial charge in [0.15, 0.2) is 0 Å². The second-order valence-corrected chi connectivity index (χ2v) is 7.62. The number of benzodiazepines with no additional fused rings is 1. The first kappa shape index (κ1) is 19.5. The summed E-state index contributed by atoms with van der Waals surface area (Å²) in [6.45, 7) is 5.49. The first-order valence-corrected chi connectivity index (χ1v) is 8.96. The van der Waals surface area contributed by atoms with E-state index in [-0.39, 0.29) is 5.56 Å². The van der Waals surface area contributed by atoms with Crippen LogP contribution >= 0.6 is 0 Å². The van der Waals surface area contributed by atoms with E-state index in [1.165, 1.54) is 11.0 Å². The van der Waals surface area contributed by atoms with Gasteiger partial charge in [0.2, 0.25) is 6.17 Å². The van der Waals surface area contributed by atoms with Crippen LogP contribution in [0.3, 0.4) is 0 Å². The van der Waals surface area contributed by atoms with Crippen LogP contribution in [-0.2, 0) is 4.79 Å². The molecular weight excluding hydrogens is 359 g/mol. The number of benzene rings is 2. The number of urea groups is 1. The maximum Gasteiger partial charge on any atom is 0.317 e. The lowest BCUT2D eigenvalue weighted by Gasteiger charge is -2.24. The van der Waals surface area contributed by atoms with Crippen LogP contribution in [0.2, 0.25) is 0 Å². The summed E-state index contributed by atoms with van der Waals surface area (Å²) < 4.78 is 14.5. The van der Waals surface area contributed by atoms with Gasteiger partial charge in [0.25, 0.3) is 5.91 Å². The van der Waals surface area contributed by atoms with E-state index in [9.17, 15) is 14.0 Å². The van der Waals surface area contributed by atoms with Crippen molar-refractivity contribution < 1.29 is 14.0 Å². The molecule has 1 aliphatic rings. The van der Waals surface area contributed by atoms with Gasteiger partial charge in [-0.25, -0.2) is 14.2 Å². The van der Waals surface area contributed by atoms with E-state index >= 15 is 0 Å². The number of anilines is 1. The molecule has 0 aliphatic carbocycles. The van der Waals surface area contributed by atoms with Crippen molar-refractivity contribution >= 4 is 23.3 Å². The molecule has 0 fully saturated rings. The molecule has 0 saturated heterocycles. The highest BCUT2D eigenvalue weighted by Crippen LogP contribution is 2.27. The number of nitrogens with zero attached hydrogens (tertiary/aromatic N) is 2. The van der Waals surface area contributed by atoms with Crippen LogP contribution in [0.1, 0.15) is 31.9 Å². The van der Waals surface area contributed by atoms with Crippen molar-refractivity contribution in [1.29, 1.82) is 0 Å². The number of halogens is 1. The molecule has 1 heterocycles. The van der Waals surface area contributed by atoms with E-state index in [1.807, 2.05) is 20.8 Å². The van der Waals surface area contributed by atoms with Gasteiger partial charge < -0.3 is 15.5 Å². The number of fused-ring (bicyclic) bond motifs is 1. The predicted molar refractivity (Wildman–Crippen MR) is 107 cm³/mol. The van der Waals surface area contributed by atoms with Crippen molar-refractivity contribution in [2.24, 2.45) is 4.99 Å². The van der Waals surface area contributed by atoms with Crippen LogP contribution < -0.4 is 15.5 Å². The Morgan fingerprint density at radius 1 is 1.07 bits per heavy atom. The number of nitrogens with one attached hydrogen (secondary N) is 2. The Bertz CT molecular complexity index is 949. The monoisotopic (exact) mass is 382 g/mol. The molecular formula is C21H23FN4O2. The number of aliphatic imine (C=N–C) groups is 1. The molecule has 146 valence electrons. The second kappa shape index (κ2) is 7.42. The van der Waals surface area contributed by atoms with Crippen molar-refractivity contribution in [1.82, 2.24) is 10.6 Å². The van der Waals surface area contributed by atoms with Crippen LogP contribution in [0.15, 0.2) is 53.5 Å². The number of hydrogen-bond acceptors (Lipinski definition) is 3. The molecule has 1 aliphatic heterocycles. The Morgan fingerprint density at radius 2 is 1.68 bits per heavy atom. The number of para-hydroxylation sites is 1. The quantitative estimate of drug-likeness (QED) is 0.838. The van der Waals surface area contributed by atoms with Crippen molar-refractivity contribution in [2.45, 2.75) is 32.5 Å². The third-order valence-electron chi connectivity index (χ3n) is 4.23. The number of rotatable bonds is 2. The van der Waals surface area contributed by atoms with Crippen molar-refractivity contribution in [3.05, 3.63) is 65.5 Å². The predicted octanol–water partition coefficient (Wildman–Crippen LogP) is 3.06. The van der Waals surface area contributed by atoms with Gasteiger partial charge in [-0.2, -0.15) is 0 Å². The van der Waals surface area contributed by atoms with E-state index in [4.69, 9.17) is 0 Å². The maximum atomic E-state index is 14.5. The molecule has 7 heteroatoms. The van der Waals surface area contributed by atoms with Crippen LogP contribution in [0.5, 0.6) is 0 Å². The maximum absolute atomic E-state index is 14.5. The summed E-state index contributed by atoms with van der Waals surface area (Å²) in [5.74, 6) is -0.867. The number of amides is 3. The molecule has 1 unspecified atom stereocenters. The Hall–Kier alpha value is -3.22. The molecule has 2 N–H and O–H groups in total. The number of carbonyl (C=O) groups is 2. The summed E-state index contributed by atoms with van der Waals surface area (Å²) in [6.07, 6.45) is -1.19. The normalized spacial score (nSPS) is 16.8. The molecule has 2 aromatic carbocycles. The molecule has 1 atom stereocenters. The largest absolute Gasteiger partial charge is 0.334 e. The van der Waals surface area contributed by atoms with Crippen LogP contribution in [0.25, 0.3) is 0 Å². The highest BCUT2D eigenvalue weighted by Gasteiger charge is 2.32. The van der Waals surface area contributed by atoms with Crippen molar-refractivity contribution in [3.63, 3.8) is 0 Å². The minimum atomic E-state index is -1.19. The molecule has 0 saturated carbocycles.